The van der Waals surface area contributed by atoms with Crippen molar-refractivity contribution in [2.24, 2.45) is 17.6 Å². The molecule has 6 nitrogen and oxygen atoms in total. The van der Waals surface area contributed by atoms with E-state index >= 15 is 4.39 Å². The molecule has 0 saturated carbocycles. The minimum absolute atomic E-state index is 0.113. The van der Waals surface area contributed by atoms with E-state index in [1.807, 2.05) is 0 Å². The van der Waals surface area contributed by atoms with E-state index < -0.39 is 33.4 Å². The summed E-state index contributed by atoms with van der Waals surface area (Å²) in [5, 5.41) is 14.2. The van der Waals surface area contributed by atoms with Crippen LogP contribution in [0.3, 0.4) is 0 Å². The number of amides is 2. The van der Waals surface area contributed by atoms with E-state index in [2.05, 4.69) is 10.6 Å². The summed E-state index contributed by atoms with van der Waals surface area (Å²) in [4.78, 5) is 24.7. The lowest BCUT2D eigenvalue weighted by Gasteiger charge is -2.24. The quantitative estimate of drug-likeness (QED) is 0.380. The van der Waals surface area contributed by atoms with E-state index in [9.17, 15) is 9.59 Å². The molecule has 168 valence electrons. The van der Waals surface area contributed by atoms with Crippen molar-refractivity contribution in [1.82, 2.24) is 5.32 Å². The highest BCUT2D eigenvalue weighted by Gasteiger charge is 2.34. The molecule has 0 spiro atoms. The van der Waals surface area contributed by atoms with Gasteiger partial charge in [0.2, 0.25) is 5.91 Å². The number of hydrogen-bond acceptors (Lipinski definition) is 4. The van der Waals surface area contributed by atoms with Crippen LogP contribution in [0.25, 0.3) is 0 Å². The number of carbonyl (C=O) groups excluding carboxylic acids is 2. The minimum atomic E-state index is -2.23. The summed E-state index contributed by atoms with van der Waals surface area (Å²) in [7, 11) is 0. The van der Waals surface area contributed by atoms with Crippen LogP contribution in [-0.4, -0.2) is 33.3 Å². The van der Waals surface area contributed by atoms with Crippen LogP contribution in [0.1, 0.15) is 32.3 Å². The maximum Gasteiger partial charge on any atom is 0.272 e. The monoisotopic (exact) mass is 481 g/mol. The summed E-state index contributed by atoms with van der Waals surface area (Å²) >= 11 is 16.7. The Bertz CT molecular complexity index is 737. The Morgan fingerprint density at radius 1 is 1.23 bits per heavy atom. The standard InChI is InChI=1S/C20H27Cl3FN3O3/c1-12(2)17(27-19(30)20(21,22)23)16(24)10-14(4-3-9-25)18(29)26-15-7-5-13(11-28)6-8-15/h5-8,10,12,14,17,28H,3-4,9,11,25H2,1-2H3,(H,26,29)(H,27,30)/b16-10-/t14-,17+/m1/s1. The van der Waals surface area contributed by atoms with Crippen molar-refractivity contribution in [1.29, 1.82) is 0 Å². The summed E-state index contributed by atoms with van der Waals surface area (Å²) in [6.45, 7) is 3.60. The molecule has 10 heteroatoms. The van der Waals surface area contributed by atoms with Crippen LogP contribution in [0.5, 0.6) is 0 Å². The minimum Gasteiger partial charge on any atom is -0.392 e. The Kier molecular flexibility index (Phi) is 11.1. The van der Waals surface area contributed by atoms with E-state index in [4.69, 9.17) is 45.6 Å². The van der Waals surface area contributed by atoms with Crippen LogP contribution in [0.4, 0.5) is 10.1 Å². The first-order valence-electron chi connectivity index (χ1n) is 9.45. The largest absolute Gasteiger partial charge is 0.392 e. The van der Waals surface area contributed by atoms with Crippen molar-refractivity contribution in [3.05, 3.63) is 41.7 Å². The number of aliphatic hydroxyl groups excluding tert-OH is 1. The molecular weight excluding hydrogens is 456 g/mol. The number of hydrogen-bond donors (Lipinski definition) is 4. The maximum atomic E-state index is 15.0. The third-order valence-electron chi connectivity index (χ3n) is 4.33. The van der Waals surface area contributed by atoms with Gasteiger partial charge in [0.25, 0.3) is 9.70 Å². The molecule has 2 atom stereocenters. The second kappa shape index (κ2) is 12.5. The number of anilines is 1. The average Bonchev–Trinajstić information content (AvgIpc) is 2.68. The number of nitrogens with one attached hydrogen (secondary N) is 2. The lowest BCUT2D eigenvalue weighted by molar-refractivity contribution is -0.121. The number of carbonyl (C=O) groups is 2. The SMILES string of the molecule is CC(C)[C@H](NC(=O)C(Cl)(Cl)Cl)/C(F)=C/[C@@H](CCCN)C(=O)Nc1ccc(CO)cc1. The Morgan fingerprint density at radius 2 is 1.83 bits per heavy atom. The van der Waals surface area contributed by atoms with Crippen LogP contribution < -0.4 is 16.4 Å². The smallest absolute Gasteiger partial charge is 0.272 e. The van der Waals surface area contributed by atoms with Gasteiger partial charge in [-0.3, -0.25) is 9.59 Å². The molecule has 0 saturated heterocycles. The number of rotatable bonds is 10. The Hall–Kier alpha value is -1.38. The number of benzene rings is 1. The predicted octanol–water partition coefficient (Wildman–Crippen LogP) is 3.84. The summed E-state index contributed by atoms with van der Waals surface area (Å²) in [6, 6.07) is 5.55. The highest BCUT2D eigenvalue weighted by Crippen LogP contribution is 2.28. The van der Waals surface area contributed by atoms with Crippen LogP contribution in [0, 0.1) is 11.8 Å². The fourth-order valence-electron chi connectivity index (χ4n) is 2.63. The van der Waals surface area contributed by atoms with Gasteiger partial charge in [-0.25, -0.2) is 4.39 Å². The van der Waals surface area contributed by atoms with E-state index in [-0.39, 0.29) is 12.5 Å². The van der Waals surface area contributed by atoms with E-state index in [0.29, 0.717) is 30.6 Å². The summed E-state index contributed by atoms with van der Waals surface area (Å²) in [5.41, 5.74) is 6.75. The van der Waals surface area contributed by atoms with Crippen molar-refractivity contribution in [2.45, 2.75) is 43.1 Å². The van der Waals surface area contributed by atoms with E-state index in [1.54, 1.807) is 38.1 Å². The highest BCUT2D eigenvalue weighted by molar-refractivity contribution is 6.76. The zero-order chi connectivity index (χ0) is 22.9. The van der Waals surface area contributed by atoms with Gasteiger partial charge in [-0.1, -0.05) is 60.8 Å². The highest BCUT2D eigenvalue weighted by atomic mass is 35.6. The van der Waals surface area contributed by atoms with Gasteiger partial charge in [-0.2, -0.15) is 0 Å². The lowest BCUT2D eigenvalue weighted by atomic mass is 9.96. The molecule has 2 amide bonds. The molecule has 1 rings (SSSR count). The molecule has 1 aromatic rings. The van der Waals surface area contributed by atoms with Gasteiger partial charge in [0.05, 0.1) is 18.6 Å². The second-order valence-corrected chi connectivity index (χ2v) is 9.41. The molecule has 0 heterocycles. The van der Waals surface area contributed by atoms with Crippen LogP contribution in [-0.2, 0) is 16.2 Å². The molecule has 0 radical (unpaired) electrons. The molecule has 0 aliphatic carbocycles. The maximum absolute atomic E-state index is 15.0. The first-order valence-corrected chi connectivity index (χ1v) is 10.6. The van der Waals surface area contributed by atoms with Crippen LogP contribution in [0.15, 0.2) is 36.2 Å². The van der Waals surface area contributed by atoms with Crippen molar-refractivity contribution >= 4 is 52.3 Å². The van der Waals surface area contributed by atoms with Crippen molar-refractivity contribution in [2.75, 3.05) is 11.9 Å². The normalized spacial score (nSPS) is 14.4. The van der Waals surface area contributed by atoms with Gasteiger partial charge in [0.15, 0.2) is 0 Å². The number of halogens is 4. The molecule has 30 heavy (non-hydrogen) atoms. The molecule has 0 aliphatic heterocycles. The summed E-state index contributed by atoms with van der Waals surface area (Å²) in [5.74, 6) is -3.27. The summed E-state index contributed by atoms with van der Waals surface area (Å²) in [6.07, 6.45) is 1.97. The average molecular weight is 483 g/mol. The third-order valence-corrected chi connectivity index (χ3v) is 4.84. The van der Waals surface area contributed by atoms with Crippen LogP contribution in [0.2, 0.25) is 0 Å². The van der Waals surface area contributed by atoms with Crippen molar-refractivity contribution in [3.8, 4) is 0 Å². The van der Waals surface area contributed by atoms with Crippen molar-refractivity contribution < 1.29 is 19.1 Å². The lowest BCUT2D eigenvalue weighted by Crippen LogP contribution is -2.44. The van der Waals surface area contributed by atoms with Gasteiger partial charge >= 0.3 is 0 Å². The van der Waals surface area contributed by atoms with Gasteiger partial charge in [0.1, 0.15) is 5.83 Å². The molecule has 0 aromatic heterocycles. The molecule has 0 aliphatic rings. The molecule has 0 fully saturated rings. The van der Waals surface area contributed by atoms with Gasteiger partial charge in [-0.05, 0) is 49.1 Å². The molecule has 1 aromatic carbocycles. The zero-order valence-electron chi connectivity index (χ0n) is 16.8. The molecular formula is C20H27Cl3FN3O3. The van der Waals surface area contributed by atoms with Crippen molar-refractivity contribution in [3.63, 3.8) is 0 Å². The Morgan fingerprint density at radius 3 is 2.30 bits per heavy atom. The topological polar surface area (TPSA) is 104 Å². The third kappa shape index (κ3) is 8.78. The second-order valence-electron chi connectivity index (χ2n) is 7.13. The molecule has 0 bridgehead atoms. The predicted molar refractivity (Wildman–Crippen MR) is 119 cm³/mol. The number of alkyl halides is 3. The number of aliphatic hydroxyl groups is 1. The first-order chi connectivity index (χ1) is 14.0. The molecule has 0 unspecified atom stereocenters. The van der Waals surface area contributed by atoms with E-state index in [0.717, 1.165) is 6.08 Å². The van der Waals surface area contributed by atoms with Crippen LogP contribution >= 0.6 is 34.8 Å². The fourth-order valence-corrected chi connectivity index (χ4v) is 2.79. The van der Waals surface area contributed by atoms with E-state index in [1.165, 1.54) is 0 Å². The van der Waals surface area contributed by atoms with Gasteiger partial charge in [0, 0.05) is 5.69 Å². The van der Waals surface area contributed by atoms with Gasteiger partial charge < -0.3 is 21.5 Å². The molecule has 5 N–H and O–H groups in total. The fraction of sp³-hybridized carbons (Fsp3) is 0.500. The first kappa shape index (κ1) is 26.7. The Balaban J connectivity index is 3.03. The summed E-state index contributed by atoms with van der Waals surface area (Å²) < 4.78 is 12.8. The van der Waals surface area contributed by atoms with Gasteiger partial charge in [-0.15, -0.1) is 0 Å². The zero-order valence-corrected chi connectivity index (χ0v) is 19.1. The number of nitrogens with two attached hydrogens (primary N) is 1. The Labute approximate surface area is 190 Å².